The van der Waals surface area contributed by atoms with Crippen molar-refractivity contribution in [2.24, 2.45) is 17.2 Å². The van der Waals surface area contributed by atoms with Gasteiger partial charge in [0.15, 0.2) is 0 Å². The third kappa shape index (κ3) is 7.99. The number of aliphatic carboxylic acids is 1. The maximum atomic E-state index is 11.8. The molecular weight excluding hydrogens is 422 g/mol. The summed E-state index contributed by atoms with van der Waals surface area (Å²) >= 11 is 0. The van der Waals surface area contributed by atoms with Gasteiger partial charge < -0.3 is 27.6 Å². The number of rotatable bonds is 9. The molecule has 3 rings (SSSR count). The molecule has 2 aromatic carbocycles. The number of amides is 2. The predicted molar refractivity (Wildman–Crippen MR) is 126 cm³/mol. The first-order valence-electron chi connectivity index (χ1n) is 10.5. The molecule has 9 nitrogen and oxygen atoms in total. The van der Waals surface area contributed by atoms with Crippen molar-refractivity contribution < 1.29 is 19.5 Å². The number of carboxylic acids is 1. The lowest BCUT2D eigenvalue weighted by Crippen LogP contribution is -2.49. The van der Waals surface area contributed by atoms with Crippen molar-refractivity contribution in [2.45, 2.75) is 31.3 Å². The van der Waals surface area contributed by atoms with Crippen LogP contribution in [0.1, 0.15) is 28.8 Å². The number of benzene rings is 2. The molecule has 0 aliphatic rings. The SMILES string of the molecule is NC(=O)c1cccc2cccnc12.NCCC[C@H](N)C(=O)N[C@@H](Cc1ccccc1)C(=O)O. The fourth-order valence-corrected chi connectivity index (χ4v) is 3.10. The molecule has 2 atom stereocenters. The van der Waals surface area contributed by atoms with E-state index in [1.165, 1.54) is 0 Å². The molecular formula is C24H29N5O4. The van der Waals surface area contributed by atoms with E-state index in [9.17, 15) is 14.4 Å². The quantitative estimate of drug-likeness (QED) is 0.325. The lowest BCUT2D eigenvalue weighted by Gasteiger charge is -2.17. The smallest absolute Gasteiger partial charge is 0.326 e. The predicted octanol–water partition coefficient (Wildman–Crippen LogP) is 1.20. The zero-order chi connectivity index (χ0) is 24.2. The summed E-state index contributed by atoms with van der Waals surface area (Å²) in [5.41, 5.74) is 18.2. The Morgan fingerprint density at radius 1 is 1.00 bits per heavy atom. The molecule has 33 heavy (non-hydrogen) atoms. The van der Waals surface area contributed by atoms with Crippen LogP contribution in [0.3, 0.4) is 0 Å². The van der Waals surface area contributed by atoms with E-state index in [1.54, 1.807) is 18.3 Å². The fourth-order valence-electron chi connectivity index (χ4n) is 3.10. The fraction of sp³-hybridized carbons (Fsp3) is 0.250. The minimum atomic E-state index is -1.08. The Balaban J connectivity index is 0.000000254. The number of hydrogen-bond donors (Lipinski definition) is 5. The molecule has 0 bridgehead atoms. The third-order valence-corrected chi connectivity index (χ3v) is 4.85. The van der Waals surface area contributed by atoms with Gasteiger partial charge >= 0.3 is 5.97 Å². The molecule has 0 saturated carbocycles. The largest absolute Gasteiger partial charge is 0.480 e. The van der Waals surface area contributed by atoms with Crippen LogP contribution in [0.4, 0.5) is 0 Å². The summed E-state index contributed by atoms with van der Waals surface area (Å²) in [5, 5.41) is 12.6. The summed E-state index contributed by atoms with van der Waals surface area (Å²) < 4.78 is 0. The highest BCUT2D eigenvalue weighted by Gasteiger charge is 2.23. The highest BCUT2D eigenvalue weighted by atomic mass is 16.4. The molecule has 9 heteroatoms. The van der Waals surface area contributed by atoms with Crippen molar-refractivity contribution in [1.29, 1.82) is 0 Å². The Hall–Kier alpha value is -3.82. The molecule has 2 amide bonds. The number of nitrogens with one attached hydrogen (secondary N) is 1. The van der Waals surface area contributed by atoms with Gasteiger partial charge in [-0.05, 0) is 37.1 Å². The van der Waals surface area contributed by atoms with Gasteiger partial charge in [0, 0.05) is 18.0 Å². The van der Waals surface area contributed by atoms with Crippen molar-refractivity contribution in [2.75, 3.05) is 6.54 Å². The van der Waals surface area contributed by atoms with Crippen LogP contribution in [0.2, 0.25) is 0 Å². The Labute approximate surface area is 192 Å². The van der Waals surface area contributed by atoms with E-state index < -0.39 is 29.9 Å². The van der Waals surface area contributed by atoms with Crippen LogP contribution in [0, 0.1) is 0 Å². The van der Waals surface area contributed by atoms with E-state index in [-0.39, 0.29) is 6.42 Å². The molecule has 0 aliphatic heterocycles. The number of aromatic nitrogens is 1. The summed E-state index contributed by atoms with van der Waals surface area (Å²) in [6.45, 7) is 0.452. The van der Waals surface area contributed by atoms with Crippen LogP contribution in [-0.4, -0.2) is 46.5 Å². The molecule has 0 aliphatic carbocycles. The number of nitrogens with two attached hydrogens (primary N) is 3. The van der Waals surface area contributed by atoms with Gasteiger partial charge in [-0.2, -0.15) is 0 Å². The maximum Gasteiger partial charge on any atom is 0.326 e. The zero-order valence-corrected chi connectivity index (χ0v) is 18.2. The second kappa shape index (κ2) is 12.9. The lowest BCUT2D eigenvalue weighted by molar-refractivity contribution is -0.142. The average Bonchev–Trinajstić information content (AvgIpc) is 2.82. The van der Waals surface area contributed by atoms with E-state index in [2.05, 4.69) is 10.3 Å². The number of pyridine rings is 1. The Bertz CT molecular complexity index is 1070. The lowest BCUT2D eigenvalue weighted by atomic mass is 10.0. The molecule has 0 unspecified atom stereocenters. The first-order chi connectivity index (χ1) is 15.8. The zero-order valence-electron chi connectivity index (χ0n) is 18.2. The maximum absolute atomic E-state index is 11.8. The summed E-state index contributed by atoms with van der Waals surface area (Å²) in [4.78, 5) is 38.1. The number of primary amides is 1. The average molecular weight is 452 g/mol. The van der Waals surface area contributed by atoms with Crippen molar-refractivity contribution in [3.8, 4) is 0 Å². The van der Waals surface area contributed by atoms with Crippen molar-refractivity contribution in [3.63, 3.8) is 0 Å². The summed E-state index contributed by atoms with van der Waals surface area (Å²) in [5.74, 6) is -1.97. The van der Waals surface area contributed by atoms with E-state index in [4.69, 9.17) is 22.3 Å². The molecule has 0 spiro atoms. The first kappa shape index (κ1) is 25.4. The Morgan fingerprint density at radius 2 is 1.70 bits per heavy atom. The number of hydrogen-bond acceptors (Lipinski definition) is 6. The van der Waals surface area contributed by atoms with Gasteiger partial charge in [-0.3, -0.25) is 14.6 Å². The van der Waals surface area contributed by atoms with Gasteiger partial charge in [0.2, 0.25) is 5.91 Å². The molecule has 1 aromatic heterocycles. The summed E-state index contributed by atoms with van der Waals surface area (Å²) in [7, 11) is 0. The van der Waals surface area contributed by atoms with Crippen LogP contribution in [-0.2, 0) is 16.0 Å². The Morgan fingerprint density at radius 3 is 2.33 bits per heavy atom. The highest BCUT2D eigenvalue weighted by Crippen LogP contribution is 2.14. The number of para-hydroxylation sites is 1. The highest BCUT2D eigenvalue weighted by molar-refractivity contribution is 6.04. The van der Waals surface area contributed by atoms with Gasteiger partial charge in [0.25, 0.3) is 5.91 Å². The number of nitrogens with zero attached hydrogens (tertiary/aromatic N) is 1. The minimum absolute atomic E-state index is 0.228. The van der Waals surface area contributed by atoms with E-state index in [0.29, 0.717) is 30.5 Å². The van der Waals surface area contributed by atoms with Crippen LogP contribution < -0.4 is 22.5 Å². The number of carbonyl (C=O) groups is 3. The second-order valence-corrected chi connectivity index (χ2v) is 7.37. The number of fused-ring (bicyclic) bond motifs is 1. The molecule has 1 heterocycles. The summed E-state index contributed by atoms with van der Waals surface area (Å²) in [6.07, 6.45) is 2.95. The molecule has 174 valence electrons. The second-order valence-electron chi connectivity index (χ2n) is 7.37. The van der Waals surface area contributed by atoms with Crippen LogP contribution in [0.5, 0.6) is 0 Å². The van der Waals surface area contributed by atoms with Crippen molar-refractivity contribution in [3.05, 3.63) is 78.0 Å². The van der Waals surface area contributed by atoms with Gasteiger partial charge in [0.1, 0.15) is 6.04 Å². The van der Waals surface area contributed by atoms with E-state index in [1.807, 2.05) is 48.5 Å². The van der Waals surface area contributed by atoms with Gasteiger partial charge in [-0.1, -0.05) is 48.5 Å². The number of carbonyl (C=O) groups excluding carboxylic acids is 2. The van der Waals surface area contributed by atoms with E-state index in [0.717, 1.165) is 10.9 Å². The first-order valence-corrected chi connectivity index (χ1v) is 10.5. The topological polar surface area (TPSA) is 174 Å². The minimum Gasteiger partial charge on any atom is -0.480 e. The standard InChI is InChI=1S/C14H21N3O3.C10H8N2O/c15-8-4-7-11(16)13(18)17-12(14(19)20)9-10-5-2-1-3-6-10;11-10(13)8-5-1-3-7-4-2-6-12-9(7)8/h1-3,5-6,11-12H,4,7-9,15-16H2,(H,17,18)(H,19,20);1-6H,(H2,11,13)/t11-,12-;/m0./s1. The summed E-state index contributed by atoms with van der Waals surface area (Å²) in [6, 6.07) is 16.5. The number of carboxylic acid groups (broad SMARTS) is 1. The van der Waals surface area contributed by atoms with E-state index >= 15 is 0 Å². The normalized spacial score (nSPS) is 12.2. The molecule has 3 aromatic rings. The van der Waals surface area contributed by atoms with Gasteiger partial charge in [-0.25, -0.2) is 4.79 Å². The molecule has 8 N–H and O–H groups in total. The molecule has 0 saturated heterocycles. The van der Waals surface area contributed by atoms with Crippen LogP contribution in [0.15, 0.2) is 66.9 Å². The molecule has 0 fully saturated rings. The third-order valence-electron chi connectivity index (χ3n) is 4.85. The monoisotopic (exact) mass is 451 g/mol. The van der Waals surface area contributed by atoms with Gasteiger partial charge in [0.05, 0.1) is 17.1 Å². The van der Waals surface area contributed by atoms with Crippen molar-refractivity contribution in [1.82, 2.24) is 10.3 Å². The van der Waals surface area contributed by atoms with Crippen LogP contribution >= 0.6 is 0 Å². The Kier molecular flexibility index (Phi) is 9.94. The molecule has 0 radical (unpaired) electrons. The van der Waals surface area contributed by atoms with Crippen molar-refractivity contribution >= 4 is 28.7 Å². The van der Waals surface area contributed by atoms with Gasteiger partial charge in [-0.15, -0.1) is 0 Å². The van der Waals surface area contributed by atoms with Crippen LogP contribution in [0.25, 0.3) is 10.9 Å².